The Hall–Kier alpha value is -0.640. The third kappa shape index (κ3) is 2.15. The second-order valence-corrected chi connectivity index (χ2v) is 4.93. The Morgan fingerprint density at radius 2 is 1.91 bits per heavy atom. The van der Waals surface area contributed by atoms with E-state index in [0.29, 0.717) is 0 Å². The van der Waals surface area contributed by atoms with E-state index in [2.05, 4.69) is 0 Å². The van der Waals surface area contributed by atoms with Crippen LogP contribution in [-0.2, 0) is 9.84 Å². The summed E-state index contributed by atoms with van der Waals surface area (Å²) in [5.74, 6) is 0. The summed E-state index contributed by atoms with van der Waals surface area (Å²) in [6, 6.07) is 0. The summed E-state index contributed by atoms with van der Waals surface area (Å²) in [5, 5.41) is 6.39. The van der Waals surface area contributed by atoms with E-state index in [1.807, 2.05) is 0 Å². The van der Waals surface area contributed by atoms with Crippen LogP contribution in [0, 0.1) is 5.41 Å². The molecule has 64 valence electrons. The van der Waals surface area contributed by atoms with Crippen LogP contribution < -0.4 is 0 Å². The molecule has 0 aliphatic heterocycles. The highest BCUT2D eigenvalue weighted by atomic mass is 32.2. The zero-order valence-electron chi connectivity index (χ0n) is 6.96. The molecule has 0 spiro atoms. The molecule has 0 bridgehead atoms. The third-order valence-electron chi connectivity index (χ3n) is 1.38. The molecular formula is C7H13NO2S. The van der Waals surface area contributed by atoms with Crippen molar-refractivity contribution >= 4 is 16.1 Å². The third-order valence-corrected chi connectivity index (χ3v) is 3.63. The number of rotatable bonds is 3. The fraction of sp³-hybridized carbons (Fsp3) is 0.571. The minimum Gasteiger partial charge on any atom is -0.307 e. The zero-order valence-corrected chi connectivity index (χ0v) is 7.77. The lowest BCUT2D eigenvalue weighted by atomic mass is 10.5. The lowest BCUT2D eigenvalue weighted by Crippen LogP contribution is -2.16. The second kappa shape index (κ2) is 3.67. The van der Waals surface area contributed by atoms with Crippen molar-refractivity contribution in [3.63, 3.8) is 0 Å². The number of allylic oxidation sites excluding steroid dienone is 2. The molecule has 4 heteroatoms. The molecule has 0 aliphatic rings. The predicted octanol–water partition coefficient (Wildman–Crippen LogP) is 1.36. The first-order valence-electron chi connectivity index (χ1n) is 3.37. The van der Waals surface area contributed by atoms with Crippen molar-refractivity contribution in [3.05, 3.63) is 11.0 Å². The van der Waals surface area contributed by atoms with Crippen LogP contribution in [0.15, 0.2) is 11.0 Å². The quantitative estimate of drug-likeness (QED) is 0.658. The Morgan fingerprint density at radius 1 is 1.45 bits per heavy atom. The zero-order chi connectivity index (χ0) is 9.07. The van der Waals surface area contributed by atoms with Crippen LogP contribution in [0.1, 0.15) is 20.8 Å². The lowest BCUT2D eigenvalue weighted by Gasteiger charge is -2.06. The SMILES string of the molecule is C/C=C(\C=N)S(=O)(=O)C(C)C. The van der Waals surface area contributed by atoms with Gasteiger partial charge in [0.05, 0.1) is 10.2 Å². The van der Waals surface area contributed by atoms with Gasteiger partial charge in [0.1, 0.15) is 0 Å². The molecule has 11 heavy (non-hydrogen) atoms. The van der Waals surface area contributed by atoms with Crippen LogP contribution in [-0.4, -0.2) is 19.9 Å². The number of hydrogen-bond acceptors (Lipinski definition) is 3. The van der Waals surface area contributed by atoms with Gasteiger partial charge in [-0.3, -0.25) is 0 Å². The molecule has 0 rings (SSSR count). The van der Waals surface area contributed by atoms with Gasteiger partial charge >= 0.3 is 0 Å². The first-order chi connectivity index (χ1) is 4.96. The van der Waals surface area contributed by atoms with Crippen molar-refractivity contribution in [2.75, 3.05) is 0 Å². The van der Waals surface area contributed by atoms with E-state index in [9.17, 15) is 8.42 Å². The predicted molar refractivity (Wildman–Crippen MR) is 46.6 cm³/mol. The Bertz CT molecular complexity index is 262. The van der Waals surface area contributed by atoms with Gasteiger partial charge in [0.25, 0.3) is 0 Å². The molecule has 0 aromatic rings. The highest BCUT2D eigenvalue weighted by molar-refractivity contribution is 7.96. The van der Waals surface area contributed by atoms with E-state index in [-0.39, 0.29) is 4.91 Å². The fourth-order valence-electron chi connectivity index (χ4n) is 0.602. The molecule has 0 aliphatic carbocycles. The van der Waals surface area contributed by atoms with Gasteiger partial charge in [-0.15, -0.1) is 0 Å². The maximum Gasteiger partial charge on any atom is 0.181 e. The van der Waals surface area contributed by atoms with Gasteiger partial charge in [-0.05, 0) is 20.8 Å². The second-order valence-electron chi connectivity index (χ2n) is 2.43. The van der Waals surface area contributed by atoms with Crippen LogP contribution >= 0.6 is 0 Å². The first kappa shape index (κ1) is 10.4. The van der Waals surface area contributed by atoms with Crippen LogP contribution in [0.25, 0.3) is 0 Å². The molecule has 0 amide bonds. The molecule has 0 unspecified atom stereocenters. The van der Waals surface area contributed by atoms with Gasteiger partial charge < -0.3 is 5.41 Å². The van der Waals surface area contributed by atoms with Gasteiger partial charge in [0.2, 0.25) is 0 Å². The van der Waals surface area contributed by atoms with Crippen LogP contribution in [0.4, 0.5) is 0 Å². The lowest BCUT2D eigenvalue weighted by molar-refractivity contribution is 0.595. The molecule has 0 fully saturated rings. The Balaban J connectivity index is 5.00. The summed E-state index contributed by atoms with van der Waals surface area (Å²) in [7, 11) is -3.22. The topological polar surface area (TPSA) is 58.0 Å². The van der Waals surface area contributed by atoms with Gasteiger partial charge in [0, 0.05) is 6.21 Å². The Kier molecular flexibility index (Phi) is 3.45. The van der Waals surface area contributed by atoms with Crippen LogP contribution in [0.3, 0.4) is 0 Å². The molecule has 0 radical (unpaired) electrons. The van der Waals surface area contributed by atoms with Gasteiger partial charge in [-0.1, -0.05) is 6.08 Å². The van der Waals surface area contributed by atoms with E-state index in [1.165, 1.54) is 6.08 Å². The summed E-state index contributed by atoms with van der Waals surface area (Å²) in [4.78, 5) is 0.0903. The van der Waals surface area contributed by atoms with Crippen molar-refractivity contribution < 1.29 is 8.42 Å². The van der Waals surface area contributed by atoms with Crippen molar-refractivity contribution in [1.29, 1.82) is 5.41 Å². The highest BCUT2D eigenvalue weighted by Crippen LogP contribution is 2.10. The van der Waals surface area contributed by atoms with Crippen LogP contribution in [0.2, 0.25) is 0 Å². The van der Waals surface area contributed by atoms with Gasteiger partial charge in [-0.2, -0.15) is 0 Å². The summed E-state index contributed by atoms with van der Waals surface area (Å²) in [6.45, 7) is 4.81. The number of hydrogen-bond donors (Lipinski definition) is 1. The van der Waals surface area contributed by atoms with Gasteiger partial charge in [0.15, 0.2) is 9.84 Å². The average molecular weight is 175 g/mol. The van der Waals surface area contributed by atoms with E-state index < -0.39 is 15.1 Å². The molecular weight excluding hydrogens is 162 g/mol. The molecule has 0 heterocycles. The average Bonchev–Trinajstić information content (AvgIpc) is 1.89. The van der Waals surface area contributed by atoms with E-state index in [0.717, 1.165) is 6.21 Å². The maximum atomic E-state index is 11.3. The molecule has 1 N–H and O–H groups in total. The molecule has 3 nitrogen and oxygen atoms in total. The Morgan fingerprint density at radius 3 is 2.00 bits per heavy atom. The maximum absolute atomic E-state index is 11.3. The highest BCUT2D eigenvalue weighted by Gasteiger charge is 2.18. The minimum atomic E-state index is -3.22. The first-order valence-corrected chi connectivity index (χ1v) is 4.92. The molecule has 0 saturated carbocycles. The minimum absolute atomic E-state index is 0.0903. The monoisotopic (exact) mass is 175 g/mol. The van der Waals surface area contributed by atoms with Crippen molar-refractivity contribution in [2.45, 2.75) is 26.0 Å². The van der Waals surface area contributed by atoms with Crippen molar-refractivity contribution in [1.82, 2.24) is 0 Å². The molecule has 0 saturated heterocycles. The standard InChI is InChI=1S/C7H13NO2S/c1-4-7(5-8)11(9,10)6(2)3/h4-6,8H,1-3H3/b7-4+,8-5?. The van der Waals surface area contributed by atoms with Gasteiger partial charge in [-0.25, -0.2) is 8.42 Å². The summed E-state index contributed by atoms with van der Waals surface area (Å²) in [6.07, 6.45) is 2.30. The molecule has 0 aromatic heterocycles. The van der Waals surface area contributed by atoms with E-state index in [4.69, 9.17) is 5.41 Å². The van der Waals surface area contributed by atoms with Crippen molar-refractivity contribution in [3.8, 4) is 0 Å². The summed E-state index contributed by atoms with van der Waals surface area (Å²) < 4.78 is 22.5. The normalized spacial score (nSPS) is 13.6. The van der Waals surface area contributed by atoms with E-state index in [1.54, 1.807) is 20.8 Å². The molecule has 0 atom stereocenters. The molecule has 0 aromatic carbocycles. The largest absolute Gasteiger partial charge is 0.307 e. The van der Waals surface area contributed by atoms with Crippen molar-refractivity contribution in [2.24, 2.45) is 0 Å². The van der Waals surface area contributed by atoms with E-state index >= 15 is 0 Å². The summed E-state index contributed by atoms with van der Waals surface area (Å²) >= 11 is 0. The number of sulfone groups is 1. The number of nitrogens with one attached hydrogen (secondary N) is 1. The smallest absolute Gasteiger partial charge is 0.181 e. The van der Waals surface area contributed by atoms with Crippen LogP contribution in [0.5, 0.6) is 0 Å². The fourth-order valence-corrected chi connectivity index (χ4v) is 1.64. The summed E-state index contributed by atoms with van der Waals surface area (Å²) in [5.41, 5.74) is 0. The Labute approximate surface area is 67.6 Å².